The molecule has 0 aliphatic heterocycles. The molecule has 168 valence electrons. The zero-order valence-corrected chi connectivity index (χ0v) is 20.3. The average Bonchev–Trinajstić information content (AvgIpc) is 2.68. The molecule has 0 saturated carbocycles. The zero-order chi connectivity index (χ0) is 23.3. The highest BCUT2D eigenvalue weighted by molar-refractivity contribution is 5.83. The molecular weight excluding hydrogens is 376 g/mol. The van der Waals surface area contributed by atoms with E-state index in [1.807, 2.05) is 66.1 Å². The summed E-state index contributed by atoms with van der Waals surface area (Å²) < 4.78 is 5.15. The van der Waals surface area contributed by atoms with Gasteiger partial charge >= 0.3 is 6.09 Å². The fraction of sp³-hybridized carbons (Fsp3) is 0.542. The molecule has 2 heterocycles. The fourth-order valence-electron chi connectivity index (χ4n) is 2.23. The Morgan fingerprint density at radius 3 is 1.73 bits per heavy atom. The summed E-state index contributed by atoms with van der Waals surface area (Å²) in [6.07, 6.45) is 3.04. The lowest BCUT2D eigenvalue weighted by atomic mass is 10.1. The second-order valence-electron chi connectivity index (χ2n) is 8.14. The predicted octanol–water partition coefficient (Wildman–Crippen LogP) is 6.82. The molecule has 2 aromatic rings. The lowest BCUT2D eigenvalue weighted by molar-refractivity contribution is 0.0635. The molecule has 0 atom stereocenters. The number of carbonyl (C=O) groups excluding carboxylic acids is 1. The molecule has 0 aliphatic carbocycles. The van der Waals surface area contributed by atoms with Crippen LogP contribution in [-0.4, -0.2) is 28.7 Å². The number of pyridine rings is 2. The SMILES string of the molecule is CC.CC(C)c1ccnc(NC(=O)OC(C)(C)C)c1.CNc1cc(C(C)C)ccn1. The van der Waals surface area contributed by atoms with E-state index >= 15 is 0 Å². The van der Waals surface area contributed by atoms with Crippen molar-refractivity contribution in [3.63, 3.8) is 0 Å². The Bertz CT molecular complexity index is 753. The van der Waals surface area contributed by atoms with Crippen LogP contribution < -0.4 is 10.6 Å². The van der Waals surface area contributed by atoms with Crippen molar-refractivity contribution >= 4 is 17.7 Å². The minimum atomic E-state index is -0.500. The van der Waals surface area contributed by atoms with Crippen LogP contribution in [0.4, 0.5) is 16.4 Å². The first-order valence-electron chi connectivity index (χ1n) is 10.6. The third kappa shape index (κ3) is 11.4. The first-order chi connectivity index (χ1) is 14.0. The van der Waals surface area contributed by atoms with Crippen molar-refractivity contribution in [2.24, 2.45) is 0 Å². The second-order valence-corrected chi connectivity index (χ2v) is 8.14. The number of hydrogen-bond donors (Lipinski definition) is 2. The van der Waals surface area contributed by atoms with Crippen LogP contribution in [0.15, 0.2) is 36.7 Å². The second kappa shape index (κ2) is 13.6. The lowest BCUT2D eigenvalue weighted by Crippen LogP contribution is -2.27. The maximum absolute atomic E-state index is 11.5. The molecule has 0 aromatic carbocycles. The molecule has 0 aliphatic rings. The van der Waals surface area contributed by atoms with Crippen LogP contribution in [-0.2, 0) is 4.74 Å². The lowest BCUT2D eigenvalue weighted by Gasteiger charge is -2.19. The first-order valence-corrected chi connectivity index (χ1v) is 10.6. The van der Waals surface area contributed by atoms with Gasteiger partial charge in [0.15, 0.2) is 0 Å². The molecule has 0 unspecified atom stereocenters. The molecule has 2 aromatic heterocycles. The standard InChI is InChI=1S/C13H20N2O2.C9H14N2.C2H6/c1-9(2)10-6-7-14-11(8-10)15-12(16)17-13(3,4)5;1-7(2)8-4-5-11-9(6-8)10-3;1-2/h6-9H,1-5H3,(H,14,15,16);4-7H,1-3H3,(H,10,11);1-2H3. The number of nitrogens with zero attached hydrogens (tertiary/aromatic N) is 2. The molecule has 0 spiro atoms. The molecule has 30 heavy (non-hydrogen) atoms. The molecule has 2 N–H and O–H groups in total. The van der Waals surface area contributed by atoms with E-state index in [2.05, 4.69) is 54.4 Å². The molecule has 0 saturated heterocycles. The summed E-state index contributed by atoms with van der Waals surface area (Å²) in [4.78, 5) is 19.7. The maximum Gasteiger partial charge on any atom is 0.413 e. The number of ether oxygens (including phenoxy) is 1. The monoisotopic (exact) mass is 416 g/mol. The normalized spacial score (nSPS) is 10.4. The highest BCUT2D eigenvalue weighted by Gasteiger charge is 2.16. The van der Waals surface area contributed by atoms with E-state index in [-0.39, 0.29) is 0 Å². The third-order valence-corrected chi connectivity index (χ3v) is 3.79. The van der Waals surface area contributed by atoms with E-state index in [9.17, 15) is 4.79 Å². The van der Waals surface area contributed by atoms with Gasteiger partial charge in [-0.2, -0.15) is 0 Å². The molecule has 0 radical (unpaired) electrons. The van der Waals surface area contributed by atoms with Crippen molar-refractivity contribution in [2.45, 2.75) is 79.8 Å². The van der Waals surface area contributed by atoms with E-state index in [4.69, 9.17) is 4.74 Å². The first kappa shape index (κ1) is 27.4. The number of aromatic nitrogens is 2. The van der Waals surface area contributed by atoms with Gasteiger partial charge in [0, 0.05) is 19.4 Å². The minimum absolute atomic E-state index is 0.400. The number of rotatable bonds is 4. The van der Waals surface area contributed by atoms with Crippen LogP contribution in [0, 0.1) is 0 Å². The molecule has 6 heteroatoms. The molecular formula is C24H40N4O2. The summed E-state index contributed by atoms with van der Waals surface area (Å²) in [5, 5.41) is 5.63. The zero-order valence-electron chi connectivity index (χ0n) is 20.3. The summed E-state index contributed by atoms with van der Waals surface area (Å²) in [6, 6.07) is 7.91. The summed E-state index contributed by atoms with van der Waals surface area (Å²) in [7, 11) is 1.88. The van der Waals surface area contributed by atoms with E-state index in [1.54, 1.807) is 6.20 Å². The average molecular weight is 417 g/mol. The van der Waals surface area contributed by atoms with Gasteiger partial charge in [0.05, 0.1) is 0 Å². The van der Waals surface area contributed by atoms with Gasteiger partial charge in [-0.3, -0.25) is 5.32 Å². The molecule has 6 nitrogen and oxygen atoms in total. The predicted molar refractivity (Wildman–Crippen MR) is 127 cm³/mol. The number of amides is 1. The molecule has 1 amide bonds. The topological polar surface area (TPSA) is 76.1 Å². The van der Waals surface area contributed by atoms with Crippen LogP contribution >= 0.6 is 0 Å². The van der Waals surface area contributed by atoms with Crippen molar-refractivity contribution in [1.29, 1.82) is 0 Å². The molecule has 0 fully saturated rings. The van der Waals surface area contributed by atoms with Crippen molar-refractivity contribution < 1.29 is 9.53 Å². The Balaban J connectivity index is 0.000000557. The number of anilines is 2. The molecule has 0 bridgehead atoms. The van der Waals surface area contributed by atoms with E-state index in [0.29, 0.717) is 17.7 Å². The van der Waals surface area contributed by atoms with E-state index < -0.39 is 11.7 Å². The van der Waals surface area contributed by atoms with Gasteiger partial charge in [-0.05, 0) is 68.0 Å². The van der Waals surface area contributed by atoms with Crippen molar-refractivity contribution in [2.75, 3.05) is 17.7 Å². The Kier molecular flexibility index (Phi) is 12.4. The number of nitrogens with one attached hydrogen (secondary N) is 2. The summed E-state index contributed by atoms with van der Waals surface area (Å²) in [5.41, 5.74) is 1.95. The van der Waals surface area contributed by atoms with Crippen LogP contribution in [0.25, 0.3) is 0 Å². The van der Waals surface area contributed by atoms with Gasteiger partial charge in [-0.15, -0.1) is 0 Å². The Morgan fingerprint density at radius 1 is 0.900 bits per heavy atom. The molecule has 2 rings (SSSR count). The Morgan fingerprint density at radius 2 is 1.33 bits per heavy atom. The number of carbonyl (C=O) groups is 1. The van der Waals surface area contributed by atoms with Crippen LogP contribution in [0.2, 0.25) is 0 Å². The Labute approximate surface area is 182 Å². The van der Waals surface area contributed by atoms with E-state index in [0.717, 1.165) is 11.4 Å². The van der Waals surface area contributed by atoms with E-state index in [1.165, 1.54) is 5.56 Å². The minimum Gasteiger partial charge on any atom is -0.444 e. The van der Waals surface area contributed by atoms with Gasteiger partial charge in [0.2, 0.25) is 0 Å². The fourth-order valence-corrected chi connectivity index (χ4v) is 2.23. The van der Waals surface area contributed by atoms with Crippen LogP contribution in [0.1, 0.15) is 85.3 Å². The number of hydrogen-bond acceptors (Lipinski definition) is 5. The quantitative estimate of drug-likeness (QED) is 0.571. The van der Waals surface area contributed by atoms with Crippen molar-refractivity contribution in [3.8, 4) is 0 Å². The highest BCUT2D eigenvalue weighted by atomic mass is 16.6. The highest BCUT2D eigenvalue weighted by Crippen LogP contribution is 2.17. The summed E-state index contributed by atoms with van der Waals surface area (Å²) >= 11 is 0. The van der Waals surface area contributed by atoms with Gasteiger partial charge in [-0.1, -0.05) is 41.5 Å². The van der Waals surface area contributed by atoms with Gasteiger partial charge < -0.3 is 10.1 Å². The van der Waals surface area contributed by atoms with Crippen molar-refractivity contribution in [1.82, 2.24) is 9.97 Å². The van der Waals surface area contributed by atoms with Crippen molar-refractivity contribution in [3.05, 3.63) is 47.8 Å². The third-order valence-electron chi connectivity index (χ3n) is 3.79. The van der Waals surface area contributed by atoms with Gasteiger partial charge in [0.1, 0.15) is 17.2 Å². The smallest absolute Gasteiger partial charge is 0.413 e. The summed E-state index contributed by atoms with van der Waals surface area (Å²) in [5.74, 6) is 2.43. The largest absolute Gasteiger partial charge is 0.444 e. The van der Waals surface area contributed by atoms with Gasteiger partial charge in [0.25, 0.3) is 0 Å². The van der Waals surface area contributed by atoms with Crippen LogP contribution in [0.5, 0.6) is 0 Å². The Hall–Kier alpha value is -2.63. The maximum atomic E-state index is 11.5. The van der Waals surface area contributed by atoms with Crippen LogP contribution in [0.3, 0.4) is 0 Å². The van der Waals surface area contributed by atoms with Gasteiger partial charge in [-0.25, -0.2) is 14.8 Å². The summed E-state index contributed by atoms with van der Waals surface area (Å²) in [6.45, 7) is 18.0.